The van der Waals surface area contributed by atoms with Crippen LogP contribution in [0.15, 0.2) is 12.7 Å². The molecule has 0 aromatic heterocycles. The Kier molecular flexibility index (Phi) is 36.1. The molecular weight excluding hydrogens is 603 g/mol. The van der Waals surface area contributed by atoms with E-state index in [1.54, 1.807) is 6.08 Å². The summed E-state index contributed by atoms with van der Waals surface area (Å²) in [4.78, 5) is 0. The summed E-state index contributed by atoms with van der Waals surface area (Å²) >= 11 is 2.28. The Balaban J connectivity index is 3.01. The zero-order valence-corrected chi connectivity index (χ0v) is 24.6. The van der Waals surface area contributed by atoms with E-state index in [0.717, 1.165) is 11.0 Å². The molecule has 0 aliphatic carbocycles. The van der Waals surface area contributed by atoms with Gasteiger partial charge in [-0.05, 0) is 0 Å². The number of ether oxygens (including phenoxy) is 11. The highest BCUT2D eigenvalue weighted by molar-refractivity contribution is 14.1. The van der Waals surface area contributed by atoms with Gasteiger partial charge in [0.2, 0.25) is 0 Å². The van der Waals surface area contributed by atoms with Crippen LogP contribution in [0.1, 0.15) is 0 Å². The highest BCUT2D eigenvalue weighted by atomic mass is 127. The first-order valence-corrected chi connectivity index (χ1v) is 14.5. The standard InChI is InChI=1S/C25H49IO11/c1-2-4-27-6-8-29-10-12-31-14-16-33-18-20-35-22-24-37-25-23-36-21-19-34-17-15-32-13-11-30-9-7-28-5-3-26/h2H,1,3-25H2. The summed E-state index contributed by atoms with van der Waals surface area (Å²) in [6.07, 6.45) is 1.71. The molecule has 0 rings (SSSR count). The predicted molar refractivity (Wildman–Crippen MR) is 148 cm³/mol. The van der Waals surface area contributed by atoms with Crippen molar-refractivity contribution < 1.29 is 52.1 Å². The molecule has 11 nitrogen and oxygen atoms in total. The molecule has 0 radical (unpaired) electrons. The quantitative estimate of drug-likeness (QED) is 0.0441. The lowest BCUT2D eigenvalue weighted by atomic mass is 10.6. The topological polar surface area (TPSA) is 102 Å². The Hall–Kier alpha value is 0.0300. The van der Waals surface area contributed by atoms with Crippen LogP contribution in [0.25, 0.3) is 0 Å². The molecule has 0 aromatic rings. The Morgan fingerprint density at radius 3 is 0.703 bits per heavy atom. The Bertz CT molecular complexity index is 422. The third-order valence-electron chi connectivity index (χ3n) is 4.18. The van der Waals surface area contributed by atoms with Crippen molar-refractivity contribution in [3.8, 4) is 0 Å². The fraction of sp³-hybridized carbons (Fsp3) is 0.920. The van der Waals surface area contributed by atoms with Crippen LogP contribution < -0.4 is 0 Å². The number of hydrogen-bond donors (Lipinski definition) is 0. The van der Waals surface area contributed by atoms with Crippen LogP contribution in [-0.2, 0) is 52.1 Å². The van der Waals surface area contributed by atoms with Gasteiger partial charge in [-0.2, -0.15) is 0 Å². The highest BCUT2D eigenvalue weighted by Crippen LogP contribution is 1.87. The zero-order chi connectivity index (χ0) is 26.7. The smallest absolute Gasteiger partial charge is 0.0704 e. The van der Waals surface area contributed by atoms with Gasteiger partial charge >= 0.3 is 0 Å². The van der Waals surface area contributed by atoms with E-state index in [4.69, 9.17) is 52.1 Å². The van der Waals surface area contributed by atoms with Gasteiger partial charge in [0.25, 0.3) is 0 Å². The first kappa shape index (κ1) is 37.0. The minimum Gasteiger partial charge on any atom is -0.378 e. The SMILES string of the molecule is C=CCOCCOCCOCCOCCOCCOCCOCCOCCOCCOCCOCCI. The number of halogens is 1. The largest absolute Gasteiger partial charge is 0.378 e. The summed E-state index contributed by atoms with van der Waals surface area (Å²) < 4.78 is 60.4. The van der Waals surface area contributed by atoms with E-state index in [1.807, 2.05) is 0 Å². The molecule has 12 heteroatoms. The van der Waals surface area contributed by atoms with E-state index in [0.29, 0.717) is 139 Å². The third-order valence-corrected chi connectivity index (χ3v) is 4.62. The van der Waals surface area contributed by atoms with E-state index in [2.05, 4.69) is 29.2 Å². The van der Waals surface area contributed by atoms with Gasteiger partial charge in [0.15, 0.2) is 0 Å². The molecule has 222 valence electrons. The van der Waals surface area contributed by atoms with Crippen LogP contribution in [0.4, 0.5) is 0 Å². The Labute approximate surface area is 236 Å². The van der Waals surface area contributed by atoms with E-state index < -0.39 is 0 Å². The van der Waals surface area contributed by atoms with Crippen molar-refractivity contribution in [2.24, 2.45) is 0 Å². The molecule has 0 saturated heterocycles. The molecule has 0 aromatic carbocycles. The number of hydrogen-bond acceptors (Lipinski definition) is 11. The van der Waals surface area contributed by atoms with Gasteiger partial charge in [0.1, 0.15) is 0 Å². The number of alkyl halides is 1. The maximum atomic E-state index is 5.46. The average Bonchev–Trinajstić information content (AvgIpc) is 2.91. The van der Waals surface area contributed by atoms with Crippen LogP contribution in [0.2, 0.25) is 0 Å². The van der Waals surface area contributed by atoms with E-state index in [1.165, 1.54) is 0 Å². The molecule has 0 heterocycles. The van der Waals surface area contributed by atoms with Crippen molar-refractivity contribution in [2.75, 3.05) is 150 Å². The first-order valence-electron chi connectivity index (χ1n) is 12.9. The van der Waals surface area contributed by atoms with E-state index in [-0.39, 0.29) is 0 Å². The lowest BCUT2D eigenvalue weighted by Crippen LogP contribution is -2.15. The molecule has 37 heavy (non-hydrogen) atoms. The van der Waals surface area contributed by atoms with Gasteiger partial charge < -0.3 is 52.1 Å². The highest BCUT2D eigenvalue weighted by Gasteiger charge is 1.96. The van der Waals surface area contributed by atoms with Crippen molar-refractivity contribution >= 4 is 22.6 Å². The summed E-state index contributed by atoms with van der Waals surface area (Å²) in [6, 6.07) is 0. The van der Waals surface area contributed by atoms with Crippen LogP contribution in [0.5, 0.6) is 0 Å². The maximum absolute atomic E-state index is 5.46. The van der Waals surface area contributed by atoms with Gasteiger partial charge in [0, 0.05) is 4.43 Å². The summed E-state index contributed by atoms with van der Waals surface area (Å²) in [6.45, 7) is 15.8. The van der Waals surface area contributed by atoms with Crippen molar-refractivity contribution in [2.45, 2.75) is 0 Å². The summed E-state index contributed by atoms with van der Waals surface area (Å²) in [5.74, 6) is 0. The molecule has 0 N–H and O–H groups in total. The monoisotopic (exact) mass is 652 g/mol. The Morgan fingerprint density at radius 2 is 0.514 bits per heavy atom. The van der Waals surface area contributed by atoms with Gasteiger partial charge in [-0.1, -0.05) is 28.7 Å². The normalized spacial score (nSPS) is 11.4. The minimum atomic E-state index is 0.522. The van der Waals surface area contributed by atoms with Gasteiger partial charge in [-0.3, -0.25) is 0 Å². The van der Waals surface area contributed by atoms with Crippen molar-refractivity contribution in [3.05, 3.63) is 12.7 Å². The molecular formula is C25H49IO11. The lowest BCUT2D eigenvalue weighted by Gasteiger charge is -2.09. The second kappa shape index (κ2) is 36.0. The molecule has 0 amide bonds. The lowest BCUT2D eigenvalue weighted by molar-refractivity contribution is -0.0271. The van der Waals surface area contributed by atoms with E-state index in [9.17, 15) is 0 Å². The minimum absolute atomic E-state index is 0.522. The second-order valence-electron chi connectivity index (χ2n) is 7.18. The molecule has 0 spiro atoms. The molecule has 0 bridgehead atoms. The van der Waals surface area contributed by atoms with Crippen molar-refractivity contribution in [1.82, 2.24) is 0 Å². The third kappa shape index (κ3) is 36.0. The van der Waals surface area contributed by atoms with Crippen LogP contribution >= 0.6 is 22.6 Å². The molecule has 0 atom stereocenters. The van der Waals surface area contributed by atoms with Gasteiger partial charge in [-0.25, -0.2) is 0 Å². The predicted octanol–water partition coefficient (Wildman–Crippen LogP) is 1.79. The average molecular weight is 653 g/mol. The van der Waals surface area contributed by atoms with Crippen molar-refractivity contribution in [3.63, 3.8) is 0 Å². The van der Waals surface area contributed by atoms with Crippen LogP contribution in [0, 0.1) is 0 Å². The maximum Gasteiger partial charge on any atom is 0.0704 e. The zero-order valence-electron chi connectivity index (χ0n) is 22.4. The second-order valence-corrected chi connectivity index (χ2v) is 8.26. The van der Waals surface area contributed by atoms with Crippen LogP contribution in [-0.4, -0.2) is 150 Å². The Morgan fingerprint density at radius 1 is 0.324 bits per heavy atom. The molecule has 0 fully saturated rings. The summed E-state index contributed by atoms with van der Waals surface area (Å²) in [5.41, 5.74) is 0. The van der Waals surface area contributed by atoms with E-state index >= 15 is 0 Å². The van der Waals surface area contributed by atoms with Crippen LogP contribution in [0.3, 0.4) is 0 Å². The fourth-order valence-electron chi connectivity index (χ4n) is 2.42. The first-order chi connectivity index (χ1) is 18.4. The summed E-state index contributed by atoms with van der Waals surface area (Å²) in [7, 11) is 0. The summed E-state index contributed by atoms with van der Waals surface area (Å²) in [5, 5.41) is 0. The number of rotatable bonds is 34. The molecule has 0 aliphatic heterocycles. The van der Waals surface area contributed by atoms with Gasteiger partial charge in [0.05, 0.1) is 145 Å². The molecule has 0 aliphatic rings. The fourth-order valence-corrected chi connectivity index (χ4v) is 2.73. The molecule has 0 saturated carbocycles. The van der Waals surface area contributed by atoms with Gasteiger partial charge in [-0.15, -0.1) is 6.58 Å². The van der Waals surface area contributed by atoms with Crippen molar-refractivity contribution in [1.29, 1.82) is 0 Å². The molecule has 0 unspecified atom stereocenters.